The molecule has 0 heterocycles. The van der Waals surface area contributed by atoms with E-state index in [1.165, 1.54) is 12.1 Å². The second-order valence-corrected chi connectivity index (χ2v) is 3.12. The highest BCUT2D eigenvalue weighted by molar-refractivity contribution is 5.18. The van der Waals surface area contributed by atoms with Gasteiger partial charge in [-0.15, -0.1) is 0 Å². The third-order valence-electron chi connectivity index (χ3n) is 1.85. The summed E-state index contributed by atoms with van der Waals surface area (Å²) in [6.45, 7) is 1.64. The fourth-order valence-electron chi connectivity index (χ4n) is 1.09. The van der Waals surface area contributed by atoms with Crippen LogP contribution in [0.2, 0.25) is 0 Å². The highest BCUT2D eigenvalue weighted by atomic mass is 19.1. The zero-order chi connectivity index (χ0) is 9.84. The molecule has 0 bridgehead atoms. The summed E-state index contributed by atoms with van der Waals surface area (Å²) in [6, 6.07) is 3.49. The molecule has 0 saturated carbocycles. The third-order valence-corrected chi connectivity index (χ3v) is 1.85. The van der Waals surface area contributed by atoms with E-state index in [-0.39, 0.29) is 0 Å². The molecule has 1 unspecified atom stereocenters. The van der Waals surface area contributed by atoms with Gasteiger partial charge in [0.25, 0.3) is 0 Å². The fraction of sp³-hybridized carbons (Fsp3) is 0.400. The Morgan fingerprint density at radius 2 is 2.08 bits per heavy atom. The van der Waals surface area contributed by atoms with Crippen molar-refractivity contribution in [3.63, 3.8) is 0 Å². The molecule has 1 aromatic carbocycles. The first-order valence-corrected chi connectivity index (χ1v) is 4.21. The normalized spacial score (nSPS) is 12.9. The molecular weight excluding hydrogens is 174 g/mol. The minimum atomic E-state index is -0.571. The van der Waals surface area contributed by atoms with Crippen LogP contribution >= 0.6 is 0 Å². The second kappa shape index (κ2) is 4.33. The van der Waals surface area contributed by atoms with Crippen molar-refractivity contribution in [2.24, 2.45) is 0 Å². The molecule has 72 valence electrons. The topological polar surface area (TPSA) is 20.2 Å². The largest absolute Gasteiger partial charge is 0.393 e. The minimum absolute atomic E-state index is 0.434. The van der Waals surface area contributed by atoms with Crippen molar-refractivity contribution in [1.29, 1.82) is 0 Å². The van der Waals surface area contributed by atoms with Crippen LogP contribution in [0.15, 0.2) is 18.2 Å². The van der Waals surface area contributed by atoms with Gasteiger partial charge >= 0.3 is 0 Å². The monoisotopic (exact) mass is 186 g/mol. The smallest absolute Gasteiger partial charge is 0.129 e. The zero-order valence-corrected chi connectivity index (χ0v) is 7.43. The quantitative estimate of drug-likeness (QED) is 0.767. The Morgan fingerprint density at radius 1 is 1.38 bits per heavy atom. The maximum Gasteiger partial charge on any atom is 0.129 e. The molecule has 0 aliphatic rings. The van der Waals surface area contributed by atoms with E-state index in [0.717, 1.165) is 6.07 Å². The van der Waals surface area contributed by atoms with E-state index in [4.69, 9.17) is 5.11 Å². The number of hydrogen-bond acceptors (Lipinski definition) is 1. The Hall–Kier alpha value is -0.960. The number of halogens is 2. The van der Waals surface area contributed by atoms with Gasteiger partial charge in [-0.3, -0.25) is 0 Å². The predicted octanol–water partition coefficient (Wildman–Crippen LogP) is 2.28. The number of aryl methyl sites for hydroxylation is 1. The second-order valence-electron chi connectivity index (χ2n) is 3.12. The Labute approximate surface area is 76.0 Å². The van der Waals surface area contributed by atoms with Crippen molar-refractivity contribution in [3.8, 4) is 0 Å². The maximum absolute atomic E-state index is 13.0. The average molecular weight is 186 g/mol. The summed E-state index contributed by atoms with van der Waals surface area (Å²) in [5.41, 5.74) is 0.447. The molecule has 1 N–H and O–H groups in total. The predicted molar refractivity (Wildman–Crippen MR) is 46.4 cm³/mol. The summed E-state index contributed by atoms with van der Waals surface area (Å²) in [7, 11) is 0. The molecular formula is C10H12F2O. The van der Waals surface area contributed by atoms with Crippen molar-refractivity contribution < 1.29 is 13.9 Å². The van der Waals surface area contributed by atoms with Crippen LogP contribution in [-0.4, -0.2) is 11.2 Å². The number of rotatable bonds is 3. The molecule has 1 atom stereocenters. The molecule has 0 spiro atoms. The summed E-state index contributed by atoms with van der Waals surface area (Å²) in [5.74, 6) is -1.11. The first-order valence-electron chi connectivity index (χ1n) is 4.21. The van der Waals surface area contributed by atoms with Crippen LogP contribution in [0.5, 0.6) is 0 Å². The van der Waals surface area contributed by atoms with Crippen molar-refractivity contribution >= 4 is 0 Å². The van der Waals surface area contributed by atoms with Gasteiger partial charge in [0.1, 0.15) is 11.6 Å². The lowest BCUT2D eigenvalue weighted by Crippen LogP contribution is -2.02. The van der Waals surface area contributed by atoms with Gasteiger partial charge < -0.3 is 5.11 Å². The molecule has 0 aliphatic heterocycles. The zero-order valence-electron chi connectivity index (χ0n) is 7.43. The van der Waals surface area contributed by atoms with Crippen molar-refractivity contribution in [3.05, 3.63) is 35.4 Å². The highest BCUT2D eigenvalue weighted by Gasteiger charge is 2.04. The number of benzene rings is 1. The molecule has 1 rings (SSSR count). The van der Waals surface area contributed by atoms with Gasteiger partial charge in [-0.05, 0) is 31.4 Å². The van der Waals surface area contributed by atoms with Gasteiger partial charge in [0.2, 0.25) is 0 Å². The van der Waals surface area contributed by atoms with Crippen LogP contribution in [0.4, 0.5) is 8.78 Å². The molecule has 0 fully saturated rings. The summed E-state index contributed by atoms with van der Waals surface area (Å²) in [6.07, 6.45) is 0.469. The van der Waals surface area contributed by atoms with Gasteiger partial charge in [-0.2, -0.15) is 0 Å². The van der Waals surface area contributed by atoms with Crippen molar-refractivity contribution in [1.82, 2.24) is 0 Å². The first kappa shape index (κ1) is 10.1. The fourth-order valence-corrected chi connectivity index (χ4v) is 1.09. The summed E-state index contributed by atoms with van der Waals surface area (Å²) in [5, 5.41) is 8.96. The van der Waals surface area contributed by atoms with Crippen LogP contribution in [0.1, 0.15) is 18.9 Å². The standard InChI is InChI=1S/C10H12F2O/c1-7(13)2-3-8-4-5-9(11)6-10(8)12/h4-7,13H,2-3H2,1H3. The number of aliphatic hydroxyl groups is 1. The summed E-state index contributed by atoms with van der Waals surface area (Å²) in [4.78, 5) is 0. The highest BCUT2D eigenvalue weighted by Crippen LogP contribution is 2.12. The Balaban J connectivity index is 2.67. The molecule has 1 nitrogen and oxygen atoms in total. The molecule has 3 heteroatoms. The number of hydrogen-bond donors (Lipinski definition) is 1. The van der Waals surface area contributed by atoms with E-state index >= 15 is 0 Å². The lowest BCUT2D eigenvalue weighted by molar-refractivity contribution is 0.184. The van der Waals surface area contributed by atoms with Crippen LogP contribution in [0, 0.1) is 11.6 Å². The summed E-state index contributed by atoms with van der Waals surface area (Å²) < 4.78 is 25.4. The minimum Gasteiger partial charge on any atom is -0.393 e. The van der Waals surface area contributed by atoms with Crippen LogP contribution in [0.3, 0.4) is 0 Å². The summed E-state index contributed by atoms with van der Waals surface area (Å²) >= 11 is 0. The van der Waals surface area contributed by atoms with Gasteiger partial charge in [0.05, 0.1) is 6.10 Å². The van der Waals surface area contributed by atoms with Crippen molar-refractivity contribution in [2.75, 3.05) is 0 Å². The average Bonchev–Trinajstić information content (AvgIpc) is 2.02. The number of aliphatic hydroxyl groups excluding tert-OH is 1. The van der Waals surface area contributed by atoms with E-state index in [1.807, 2.05) is 0 Å². The maximum atomic E-state index is 13.0. The van der Waals surface area contributed by atoms with Crippen LogP contribution in [-0.2, 0) is 6.42 Å². The molecule has 0 aromatic heterocycles. The van der Waals surface area contributed by atoms with Gasteiger partial charge in [0, 0.05) is 6.07 Å². The molecule has 0 aliphatic carbocycles. The lowest BCUT2D eigenvalue weighted by Gasteiger charge is -2.04. The molecule has 0 amide bonds. The van der Waals surface area contributed by atoms with E-state index < -0.39 is 17.7 Å². The third kappa shape index (κ3) is 3.11. The molecule has 1 aromatic rings. The molecule has 13 heavy (non-hydrogen) atoms. The lowest BCUT2D eigenvalue weighted by atomic mass is 10.1. The van der Waals surface area contributed by atoms with E-state index in [0.29, 0.717) is 18.4 Å². The van der Waals surface area contributed by atoms with Gasteiger partial charge in [-0.1, -0.05) is 6.07 Å². The van der Waals surface area contributed by atoms with E-state index in [9.17, 15) is 8.78 Å². The Bertz CT molecular complexity index is 284. The van der Waals surface area contributed by atoms with Crippen LogP contribution in [0.25, 0.3) is 0 Å². The van der Waals surface area contributed by atoms with Crippen molar-refractivity contribution in [2.45, 2.75) is 25.9 Å². The SMILES string of the molecule is CC(O)CCc1ccc(F)cc1F. The van der Waals surface area contributed by atoms with E-state index in [1.54, 1.807) is 6.92 Å². The van der Waals surface area contributed by atoms with Gasteiger partial charge in [0.15, 0.2) is 0 Å². The Morgan fingerprint density at radius 3 is 2.62 bits per heavy atom. The van der Waals surface area contributed by atoms with Crippen LogP contribution < -0.4 is 0 Å². The molecule has 0 saturated heterocycles. The Kier molecular flexibility index (Phi) is 3.37. The van der Waals surface area contributed by atoms with Gasteiger partial charge in [-0.25, -0.2) is 8.78 Å². The first-order chi connectivity index (χ1) is 6.09. The van der Waals surface area contributed by atoms with E-state index in [2.05, 4.69) is 0 Å². The molecule has 0 radical (unpaired) electrons.